The number of hydrogen-bond acceptors (Lipinski definition) is 4. The van der Waals surface area contributed by atoms with Crippen LogP contribution in [0.4, 0.5) is 0 Å². The summed E-state index contributed by atoms with van der Waals surface area (Å²) in [4.78, 5) is 15.5. The van der Waals surface area contributed by atoms with Crippen LogP contribution in [0.1, 0.15) is 26.5 Å². The van der Waals surface area contributed by atoms with Crippen molar-refractivity contribution in [1.29, 1.82) is 0 Å². The number of aryl methyl sites for hydroxylation is 1. The largest absolute Gasteiger partial charge is 3.00 e. The van der Waals surface area contributed by atoms with E-state index in [1.807, 2.05) is 19.1 Å². The van der Waals surface area contributed by atoms with Crippen LogP contribution in [-0.2, 0) is 29.1 Å². The Morgan fingerprint density at radius 2 is 1.50 bits per heavy atom. The van der Waals surface area contributed by atoms with Gasteiger partial charge in [0.25, 0.3) is 0 Å². The summed E-state index contributed by atoms with van der Waals surface area (Å²) in [5.74, 6) is 1.42. The first kappa shape index (κ1) is 24.3. The van der Waals surface area contributed by atoms with Crippen molar-refractivity contribution in [1.82, 2.24) is 10.2 Å². The summed E-state index contributed by atoms with van der Waals surface area (Å²) in [6, 6.07) is 3.77. The molecule has 0 spiro atoms. The number of carbonyl (C=O) groups excluding carboxylic acids is 2. The predicted molar refractivity (Wildman–Crippen MR) is 60.5 cm³/mol. The van der Waals surface area contributed by atoms with E-state index in [0.29, 0.717) is 0 Å². The molecular formula is C11H17N2O2Ru. The Balaban J connectivity index is -0.0000000702. The Hall–Kier alpha value is -0.957. The van der Waals surface area contributed by atoms with Crippen LogP contribution in [0.15, 0.2) is 18.3 Å². The van der Waals surface area contributed by atoms with Crippen LogP contribution >= 0.6 is 0 Å². The average Bonchev–Trinajstić information content (AvgIpc) is 2.24. The molecule has 0 bridgehead atoms. The van der Waals surface area contributed by atoms with Gasteiger partial charge in [-0.2, -0.15) is 31.0 Å². The minimum atomic E-state index is 0. The fourth-order valence-electron chi connectivity index (χ4n) is 0.379. The SMILES string of the molecule is C[C-](C)C.Cc1cccnn1.[CH-]=O.[CH-]=O.[Ru+3]. The summed E-state index contributed by atoms with van der Waals surface area (Å²) >= 11 is 0. The van der Waals surface area contributed by atoms with E-state index in [4.69, 9.17) is 9.59 Å². The molecule has 1 radical (unpaired) electrons. The molecule has 0 aliphatic heterocycles. The summed E-state index contributed by atoms with van der Waals surface area (Å²) in [6.45, 7) is 14.7. The first-order chi connectivity index (χ1) is 7.13. The number of hydrogen-bond donors (Lipinski definition) is 0. The van der Waals surface area contributed by atoms with Gasteiger partial charge in [0.15, 0.2) is 0 Å². The fraction of sp³-hybridized carbons (Fsp3) is 0.364. The first-order valence-corrected chi connectivity index (χ1v) is 4.11. The Morgan fingerprint density at radius 3 is 1.62 bits per heavy atom. The first-order valence-electron chi connectivity index (χ1n) is 4.11. The molecule has 0 fully saturated rings. The van der Waals surface area contributed by atoms with E-state index in [0.717, 1.165) is 5.69 Å². The van der Waals surface area contributed by atoms with Crippen molar-refractivity contribution in [2.24, 2.45) is 0 Å². The van der Waals surface area contributed by atoms with Crippen molar-refractivity contribution in [3.05, 3.63) is 29.9 Å². The van der Waals surface area contributed by atoms with Crippen LogP contribution in [0.2, 0.25) is 0 Å². The quantitative estimate of drug-likeness (QED) is 0.417. The molecule has 1 rings (SSSR count). The molecule has 0 saturated heterocycles. The summed E-state index contributed by atoms with van der Waals surface area (Å²) in [5.41, 5.74) is 0.961. The molecule has 0 amide bonds. The predicted octanol–water partition coefficient (Wildman–Crippen LogP) is 1.85. The third kappa shape index (κ3) is 38.1. The third-order valence-electron chi connectivity index (χ3n) is 0.706. The zero-order valence-electron chi connectivity index (χ0n) is 9.95. The zero-order valence-corrected chi connectivity index (χ0v) is 11.7. The minimum absolute atomic E-state index is 0. The van der Waals surface area contributed by atoms with E-state index < -0.39 is 0 Å². The van der Waals surface area contributed by atoms with Gasteiger partial charge in [0.05, 0.1) is 5.69 Å². The normalized spacial score (nSPS) is 6.56. The van der Waals surface area contributed by atoms with E-state index in [1.165, 1.54) is 5.92 Å². The molecule has 1 aromatic rings. The van der Waals surface area contributed by atoms with Gasteiger partial charge in [-0.15, -0.1) is 0 Å². The van der Waals surface area contributed by atoms with Crippen LogP contribution in [0, 0.1) is 12.8 Å². The van der Waals surface area contributed by atoms with Crippen molar-refractivity contribution in [2.75, 3.05) is 0 Å². The Bertz CT molecular complexity index is 204. The minimum Gasteiger partial charge on any atom is -0.545 e. The zero-order chi connectivity index (χ0) is 12.7. The molecule has 1 aromatic heterocycles. The van der Waals surface area contributed by atoms with Crippen LogP contribution in [-0.4, -0.2) is 23.8 Å². The molecule has 4 nitrogen and oxygen atoms in total. The molecule has 0 aliphatic carbocycles. The van der Waals surface area contributed by atoms with Gasteiger partial charge < -0.3 is 15.5 Å². The second-order valence-corrected chi connectivity index (χ2v) is 2.87. The molecule has 0 saturated carbocycles. The standard InChI is InChI=1S/C5H6N2.C4H9.2CHO.Ru/c1-5-3-2-4-6-7-5;1-4(2)3;2*1-2;/h2-4H,1H3;1-3H3;2*1H;/q;3*-1;+3. The van der Waals surface area contributed by atoms with Gasteiger partial charge in [-0.3, -0.25) is 13.6 Å². The second-order valence-electron chi connectivity index (χ2n) is 2.87. The molecule has 91 valence electrons. The van der Waals surface area contributed by atoms with E-state index in [1.54, 1.807) is 6.20 Å². The van der Waals surface area contributed by atoms with Gasteiger partial charge in [-0.25, -0.2) is 0 Å². The van der Waals surface area contributed by atoms with Gasteiger partial charge in [-0.1, -0.05) is 0 Å². The summed E-state index contributed by atoms with van der Waals surface area (Å²) in [6.07, 6.45) is 1.66. The van der Waals surface area contributed by atoms with E-state index in [2.05, 4.69) is 44.5 Å². The molecule has 5 heteroatoms. The molecule has 16 heavy (non-hydrogen) atoms. The van der Waals surface area contributed by atoms with Gasteiger partial charge >= 0.3 is 19.5 Å². The van der Waals surface area contributed by atoms with Crippen molar-refractivity contribution in [2.45, 2.75) is 27.7 Å². The van der Waals surface area contributed by atoms with E-state index >= 15 is 0 Å². The van der Waals surface area contributed by atoms with E-state index in [-0.39, 0.29) is 19.5 Å². The van der Waals surface area contributed by atoms with Crippen molar-refractivity contribution in [3.8, 4) is 0 Å². The second kappa shape index (κ2) is 23.7. The maximum Gasteiger partial charge on any atom is 3.00 e. The summed E-state index contributed by atoms with van der Waals surface area (Å²) in [7, 11) is 0. The fourth-order valence-corrected chi connectivity index (χ4v) is 0.379. The molecule has 0 atom stereocenters. The molecule has 0 aromatic carbocycles. The topological polar surface area (TPSA) is 59.9 Å². The molecule has 0 N–H and O–H groups in total. The maximum absolute atomic E-state index is 7.75. The monoisotopic (exact) mass is 311 g/mol. The van der Waals surface area contributed by atoms with Gasteiger partial charge in [0.2, 0.25) is 0 Å². The van der Waals surface area contributed by atoms with Crippen molar-refractivity contribution >= 4 is 13.6 Å². The van der Waals surface area contributed by atoms with Crippen LogP contribution in [0.5, 0.6) is 0 Å². The van der Waals surface area contributed by atoms with Crippen LogP contribution < -0.4 is 0 Å². The van der Waals surface area contributed by atoms with Gasteiger partial charge in [0.1, 0.15) is 0 Å². The number of aromatic nitrogens is 2. The molecule has 0 aliphatic rings. The Kier molecular flexibility index (Phi) is 36.0. The smallest absolute Gasteiger partial charge is 0.545 e. The number of nitrogens with zero attached hydrogens (tertiary/aromatic N) is 2. The van der Waals surface area contributed by atoms with E-state index in [9.17, 15) is 0 Å². The molecular weight excluding hydrogens is 293 g/mol. The Labute approximate surface area is 111 Å². The van der Waals surface area contributed by atoms with Gasteiger partial charge in [0, 0.05) is 6.20 Å². The van der Waals surface area contributed by atoms with Gasteiger partial charge in [-0.05, 0) is 19.1 Å². The third-order valence-corrected chi connectivity index (χ3v) is 0.706. The van der Waals surface area contributed by atoms with Crippen molar-refractivity contribution < 1.29 is 29.1 Å². The summed E-state index contributed by atoms with van der Waals surface area (Å²) in [5, 5.41) is 7.36. The maximum atomic E-state index is 7.75. The molecule has 0 unspecified atom stereocenters. The summed E-state index contributed by atoms with van der Waals surface area (Å²) < 4.78 is 0. The Morgan fingerprint density at radius 1 is 1.12 bits per heavy atom. The average molecular weight is 310 g/mol. The number of rotatable bonds is 0. The van der Waals surface area contributed by atoms with Crippen LogP contribution in [0.3, 0.4) is 0 Å². The van der Waals surface area contributed by atoms with Crippen molar-refractivity contribution in [3.63, 3.8) is 0 Å². The molecule has 1 heterocycles. The van der Waals surface area contributed by atoms with Crippen LogP contribution in [0.25, 0.3) is 0 Å².